The molecule has 1 N–H and O–H groups in total. The van der Waals surface area contributed by atoms with Crippen LogP contribution in [-0.4, -0.2) is 10.9 Å². The summed E-state index contributed by atoms with van der Waals surface area (Å²) in [6.45, 7) is 1.92. The van der Waals surface area contributed by atoms with E-state index in [0.29, 0.717) is 14.9 Å². The van der Waals surface area contributed by atoms with Crippen molar-refractivity contribution in [2.24, 2.45) is 0 Å². The van der Waals surface area contributed by atoms with Gasteiger partial charge in [0.1, 0.15) is 4.88 Å². The number of fused-ring (bicyclic) bond motifs is 1. The van der Waals surface area contributed by atoms with Crippen LogP contribution in [0.1, 0.15) is 28.2 Å². The number of carbonyl (C=O) groups is 1. The van der Waals surface area contributed by atoms with E-state index in [0.717, 1.165) is 15.6 Å². The molecular formula is C16H12Cl2N2OS. The zero-order valence-electron chi connectivity index (χ0n) is 11.6. The van der Waals surface area contributed by atoms with Crippen molar-refractivity contribution in [3.63, 3.8) is 0 Å². The highest BCUT2D eigenvalue weighted by molar-refractivity contribution is 7.21. The molecule has 0 fully saturated rings. The number of carbonyl (C=O) groups excluding carboxylic acids is 1. The summed E-state index contributed by atoms with van der Waals surface area (Å²) in [5, 5.41) is 4.90. The van der Waals surface area contributed by atoms with Crippen LogP contribution >= 0.6 is 34.5 Å². The Bertz CT molecular complexity index is 833. The third-order valence-electron chi connectivity index (χ3n) is 3.35. The summed E-state index contributed by atoms with van der Waals surface area (Å²) < 4.78 is 0.902. The smallest absolute Gasteiger partial charge is 0.263 e. The van der Waals surface area contributed by atoms with E-state index in [9.17, 15) is 4.79 Å². The molecule has 3 rings (SSSR count). The maximum Gasteiger partial charge on any atom is 0.263 e. The summed E-state index contributed by atoms with van der Waals surface area (Å²) in [6.07, 6.45) is 3.40. The summed E-state index contributed by atoms with van der Waals surface area (Å²) in [4.78, 5) is 16.9. The number of nitrogens with zero attached hydrogens (tertiary/aromatic N) is 1. The second kappa shape index (κ2) is 6.24. The molecular weight excluding hydrogens is 339 g/mol. The lowest BCUT2D eigenvalue weighted by Gasteiger charge is -2.13. The number of hydrogen-bond acceptors (Lipinski definition) is 3. The van der Waals surface area contributed by atoms with E-state index >= 15 is 0 Å². The standard InChI is InChI=1S/C16H12Cl2N2OS/c1-9(10-4-6-19-7-5-10)20-16(21)15-14(18)12-3-2-11(17)8-13(12)22-15/h2-9H,1H3,(H,20,21). The SMILES string of the molecule is CC(NC(=O)c1sc2cc(Cl)ccc2c1Cl)c1ccncc1. The highest BCUT2D eigenvalue weighted by atomic mass is 35.5. The van der Waals surface area contributed by atoms with Crippen molar-refractivity contribution in [1.29, 1.82) is 0 Å². The molecule has 22 heavy (non-hydrogen) atoms. The average Bonchev–Trinajstić information content (AvgIpc) is 2.84. The van der Waals surface area contributed by atoms with E-state index in [1.807, 2.05) is 31.2 Å². The molecule has 0 bridgehead atoms. The molecule has 6 heteroatoms. The molecule has 0 aliphatic rings. The van der Waals surface area contributed by atoms with Gasteiger partial charge in [0, 0.05) is 27.5 Å². The maximum absolute atomic E-state index is 12.5. The predicted molar refractivity (Wildman–Crippen MR) is 92.0 cm³/mol. The Hall–Kier alpha value is -1.62. The molecule has 0 saturated carbocycles. The maximum atomic E-state index is 12.5. The molecule has 0 aliphatic heterocycles. The molecule has 112 valence electrons. The molecule has 0 aliphatic carbocycles. The molecule has 3 nitrogen and oxygen atoms in total. The second-order valence-corrected chi connectivity index (χ2v) is 6.73. The van der Waals surface area contributed by atoms with Crippen molar-refractivity contribution >= 4 is 50.5 Å². The number of nitrogens with one attached hydrogen (secondary N) is 1. The number of benzene rings is 1. The normalized spacial score (nSPS) is 12.3. The van der Waals surface area contributed by atoms with Crippen molar-refractivity contribution in [1.82, 2.24) is 10.3 Å². The number of hydrogen-bond donors (Lipinski definition) is 1. The highest BCUT2D eigenvalue weighted by Gasteiger charge is 2.19. The minimum Gasteiger partial charge on any atom is -0.345 e. The van der Waals surface area contributed by atoms with E-state index in [1.54, 1.807) is 18.5 Å². The van der Waals surface area contributed by atoms with Crippen molar-refractivity contribution in [3.05, 3.63) is 63.2 Å². The molecule has 0 spiro atoms. The van der Waals surface area contributed by atoms with E-state index in [4.69, 9.17) is 23.2 Å². The van der Waals surface area contributed by atoms with Gasteiger partial charge in [-0.3, -0.25) is 9.78 Å². The Morgan fingerprint density at radius 3 is 2.68 bits per heavy atom. The molecule has 1 aromatic carbocycles. The van der Waals surface area contributed by atoms with Gasteiger partial charge in [-0.15, -0.1) is 11.3 Å². The Morgan fingerprint density at radius 2 is 1.95 bits per heavy atom. The number of amides is 1. The van der Waals surface area contributed by atoms with Crippen LogP contribution in [0.5, 0.6) is 0 Å². The largest absolute Gasteiger partial charge is 0.345 e. The Kier molecular flexibility index (Phi) is 4.34. The number of aromatic nitrogens is 1. The van der Waals surface area contributed by atoms with Crippen molar-refractivity contribution < 1.29 is 4.79 Å². The van der Waals surface area contributed by atoms with Gasteiger partial charge in [0.05, 0.1) is 11.1 Å². The predicted octanol–water partition coefficient (Wildman–Crippen LogP) is 5.09. The van der Waals surface area contributed by atoms with Crippen LogP contribution in [-0.2, 0) is 0 Å². The number of halogens is 2. The van der Waals surface area contributed by atoms with E-state index in [2.05, 4.69) is 10.3 Å². The number of pyridine rings is 1. The summed E-state index contributed by atoms with van der Waals surface area (Å²) in [5.74, 6) is -0.188. The fourth-order valence-corrected chi connectivity index (χ4v) is 3.88. The van der Waals surface area contributed by atoms with Crippen LogP contribution in [0.25, 0.3) is 10.1 Å². The van der Waals surface area contributed by atoms with Crippen LogP contribution in [0.2, 0.25) is 10.0 Å². The van der Waals surface area contributed by atoms with Crippen LogP contribution < -0.4 is 5.32 Å². The first-order chi connectivity index (χ1) is 10.6. The third-order valence-corrected chi connectivity index (χ3v) is 5.24. The molecule has 1 atom stereocenters. The van der Waals surface area contributed by atoms with Crippen molar-refractivity contribution in [3.8, 4) is 0 Å². The molecule has 3 aromatic rings. The number of thiophene rings is 1. The first-order valence-corrected chi connectivity index (χ1v) is 8.22. The Labute approximate surface area is 141 Å². The van der Waals surface area contributed by atoms with Gasteiger partial charge in [-0.1, -0.05) is 29.3 Å². The van der Waals surface area contributed by atoms with Gasteiger partial charge < -0.3 is 5.32 Å². The van der Waals surface area contributed by atoms with E-state index in [1.165, 1.54) is 11.3 Å². The van der Waals surface area contributed by atoms with Gasteiger partial charge in [-0.25, -0.2) is 0 Å². The summed E-state index contributed by atoms with van der Waals surface area (Å²) in [5.41, 5.74) is 0.989. The van der Waals surface area contributed by atoms with Gasteiger partial charge in [0.15, 0.2) is 0 Å². The van der Waals surface area contributed by atoms with Crippen LogP contribution in [0, 0.1) is 0 Å². The van der Waals surface area contributed by atoms with Crippen molar-refractivity contribution in [2.45, 2.75) is 13.0 Å². The molecule has 1 amide bonds. The number of rotatable bonds is 3. The minimum atomic E-state index is -0.188. The Morgan fingerprint density at radius 1 is 1.23 bits per heavy atom. The first-order valence-electron chi connectivity index (χ1n) is 6.64. The van der Waals surface area contributed by atoms with Gasteiger partial charge in [0.25, 0.3) is 5.91 Å². The third kappa shape index (κ3) is 2.95. The zero-order valence-corrected chi connectivity index (χ0v) is 14.0. The van der Waals surface area contributed by atoms with E-state index < -0.39 is 0 Å². The quantitative estimate of drug-likeness (QED) is 0.714. The minimum absolute atomic E-state index is 0.125. The molecule has 0 saturated heterocycles. The second-order valence-electron chi connectivity index (χ2n) is 4.86. The molecule has 2 heterocycles. The van der Waals surface area contributed by atoms with Crippen molar-refractivity contribution in [2.75, 3.05) is 0 Å². The fourth-order valence-electron chi connectivity index (χ4n) is 2.18. The zero-order chi connectivity index (χ0) is 15.7. The van der Waals surface area contributed by atoms with Gasteiger partial charge in [-0.2, -0.15) is 0 Å². The fraction of sp³-hybridized carbons (Fsp3) is 0.125. The monoisotopic (exact) mass is 350 g/mol. The van der Waals surface area contributed by atoms with Crippen LogP contribution in [0.15, 0.2) is 42.7 Å². The van der Waals surface area contributed by atoms with E-state index in [-0.39, 0.29) is 11.9 Å². The van der Waals surface area contributed by atoms with Gasteiger partial charge in [-0.05, 0) is 36.8 Å². The van der Waals surface area contributed by atoms with Gasteiger partial charge in [0.2, 0.25) is 0 Å². The first kappa shape index (κ1) is 15.3. The van der Waals surface area contributed by atoms with Crippen LogP contribution in [0.4, 0.5) is 0 Å². The van der Waals surface area contributed by atoms with Gasteiger partial charge >= 0.3 is 0 Å². The Balaban J connectivity index is 1.88. The molecule has 0 radical (unpaired) electrons. The molecule has 2 aromatic heterocycles. The lowest BCUT2D eigenvalue weighted by molar-refractivity contribution is 0.0944. The van der Waals surface area contributed by atoms with Crippen LogP contribution in [0.3, 0.4) is 0 Å². The summed E-state index contributed by atoms with van der Waals surface area (Å²) in [7, 11) is 0. The highest BCUT2D eigenvalue weighted by Crippen LogP contribution is 2.36. The average molecular weight is 351 g/mol. The summed E-state index contributed by atoms with van der Waals surface area (Å²) in [6, 6.07) is 9.04. The lowest BCUT2D eigenvalue weighted by atomic mass is 10.1. The summed E-state index contributed by atoms with van der Waals surface area (Å²) >= 11 is 13.7. The molecule has 1 unspecified atom stereocenters. The lowest BCUT2D eigenvalue weighted by Crippen LogP contribution is -2.26. The topological polar surface area (TPSA) is 42.0 Å².